The summed E-state index contributed by atoms with van der Waals surface area (Å²) in [5.74, 6) is 0.681. The fourth-order valence-corrected chi connectivity index (χ4v) is 2.73. The van der Waals surface area contributed by atoms with Gasteiger partial charge in [-0.1, -0.05) is 17.7 Å². The molecule has 6 nitrogen and oxygen atoms in total. The average molecular weight is 340 g/mol. The van der Waals surface area contributed by atoms with Crippen molar-refractivity contribution in [2.75, 3.05) is 50.0 Å². The van der Waals surface area contributed by atoms with E-state index in [9.17, 15) is 4.79 Å². The number of rotatable bonds is 6. The number of aromatic nitrogens is 1. The fraction of sp³-hybridized carbons (Fsp3) is 0.368. The Morgan fingerprint density at radius 2 is 2.08 bits per heavy atom. The van der Waals surface area contributed by atoms with Gasteiger partial charge in [0, 0.05) is 31.7 Å². The SMILES string of the molecule is Cc1cccc(C(=O)Nc2ccc(NCCN3CCOCC3)nc2)c1. The van der Waals surface area contributed by atoms with Gasteiger partial charge in [-0.2, -0.15) is 0 Å². The van der Waals surface area contributed by atoms with Crippen molar-refractivity contribution in [2.45, 2.75) is 6.92 Å². The minimum Gasteiger partial charge on any atom is -0.379 e. The first kappa shape index (κ1) is 17.4. The molecule has 1 amide bonds. The van der Waals surface area contributed by atoms with Crippen LogP contribution in [0.4, 0.5) is 11.5 Å². The molecule has 132 valence electrons. The largest absolute Gasteiger partial charge is 0.379 e. The Balaban J connectivity index is 1.47. The predicted molar refractivity (Wildman–Crippen MR) is 99.1 cm³/mol. The Labute approximate surface area is 148 Å². The highest BCUT2D eigenvalue weighted by Gasteiger charge is 2.09. The summed E-state index contributed by atoms with van der Waals surface area (Å²) in [7, 11) is 0. The molecule has 1 aliphatic heterocycles. The minimum absolute atomic E-state index is 0.126. The summed E-state index contributed by atoms with van der Waals surface area (Å²) in [5, 5.41) is 6.17. The fourth-order valence-electron chi connectivity index (χ4n) is 2.73. The molecule has 2 heterocycles. The van der Waals surface area contributed by atoms with Gasteiger partial charge in [-0.05, 0) is 31.2 Å². The molecule has 0 spiro atoms. The van der Waals surface area contributed by atoms with Crippen LogP contribution in [0.25, 0.3) is 0 Å². The number of carbonyl (C=O) groups excluding carboxylic acids is 1. The number of hydrogen-bond acceptors (Lipinski definition) is 5. The molecule has 2 N–H and O–H groups in total. The van der Waals surface area contributed by atoms with Crippen molar-refractivity contribution < 1.29 is 9.53 Å². The lowest BCUT2D eigenvalue weighted by molar-refractivity contribution is 0.0398. The van der Waals surface area contributed by atoms with Gasteiger partial charge in [0.1, 0.15) is 5.82 Å². The van der Waals surface area contributed by atoms with Crippen LogP contribution in [0.3, 0.4) is 0 Å². The molecule has 1 aromatic heterocycles. The molecule has 1 aromatic carbocycles. The van der Waals surface area contributed by atoms with E-state index in [1.807, 2.05) is 37.3 Å². The number of aryl methyl sites for hydroxylation is 1. The van der Waals surface area contributed by atoms with Crippen LogP contribution in [0.5, 0.6) is 0 Å². The van der Waals surface area contributed by atoms with Crippen molar-refractivity contribution in [3.63, 3.8) is 0 Å². The number of nitrogens with one attached hydrogen (secondary N) is 2. The van der Waals surface area contributed by atoms with E-state index in [0.717, 1.165) is 50.8 Å². The molecule has 0 saturated carbocycles. The van der Waals surface area contributed by atoms with Crippen molar-refractivity contribution in [3.8, 4) is 0 Å². The van der Waals surface area contributed by atoms with Crippen LogP contribution in [0.1, 0.15) is 15.9 Å². The van der Waals surface area contributed by atoms with E-state index >= 15 is 0 Å². The lowest BCUT2D eigenvalue weighted by Crippen LogP contribution is -2.39. The monoisotopic (exact) mass is 340 g/mol. The zero-order valence-electron chi connectivity index (χ0n) is 14.5. The maximum atomic E-state index is 12.2. The lowest BCUT2D eigenvalue weighted by Gasteiger charge is -2.26. The first-order valence-electron chi connectivity index (χ1n) is 8.59. The van der Waals surface area contributed by atoms with E-state index < -0.39 is 0 Å². The third-order valence-corrected chi connectivity index (χ3v) is 4.14. The van der Waals surface area contributed by atoms with E-state index in [2.05, 4.69) is 20.5 Å². The zero-order valence-corrected chi connectivity index (χ0v) is 14.5. The van der Waals surface area contributed by atoms with E-state index in [0.29, 0.717) is 11.3 Å². The topological polar surface area (TPSA) is 66.5 Å². The second kappa shape index (κ2) is 8.60. The maximum Gasteiger partial charge on any atom is 0.255 e. The molecule has 1 aliphatic rings. The number of pyridine rings is 1. The summed E-state index contributed by atoms with van der Waals surface area (Å²) in [5.41, 5.74) is 2.39. The van der Waals surface area contributed by atoms with Crippen LogP contribution in [0.2, 0.25) is 0 Å². The van der Waals surface area contributed by atoms with Crippen LogP contribution in [0.15, 0.2) is 42.6 Å². The minimum atomic E-state index is -0.126. The van der Waals surface area contributed by atoms with Crippen molar-refractivity contribution in [1.82, 2.24) is 9.88 Å². The number of anilines is 2. The smallest absolute Gasteiger partial charge is 0.255 e. The van der Waals surface area contributed by atoms with E-state index in [1.165, 1.54) is 0 Å². The number of carbonyl (C=O) groups is 1. The second-order valence-electron chi connectivity index (χ2n) is 6.14. The maximum absolute atomic E-state index is 12.2. The van der Waals surface area contributed by atoms with E-state index in [1.54, 1.807) is 12.3 Å². The summed E-state index contributed by atoms with van der Waals surface area (Å²) in [6, 6.07) is 11.3. The van der Waals surface area contributed by atoms with Gasteiger partial charge >= 0.3 is 0 Å². The van der Waals surface area contributed by atoms with E-state index in [4.69, 9.17) is 4.74 Å². The van der Waals surface area contributed by atoms with Gasteiger partial charge in [0.15, 0.2) is 0 Å². The van der Waals surface area contributed by atoms with Gasteiger partial charge in [-0.15, -0.1) is 0 Å². The van der Waals surface area contributed by atoms with Crippen molar-refractivity contribution in [1.29, 1.82) is 0 Å². The molecule has 0 aliphatic carbocycles. The van der Waals surface area contributed by atoms with Crippen LogP contribution in [-0.4, -0.2) is 55.2 Å². The number of ether oxygens (including phenoxy) is 1. The van der Waals surface area contributed by atoms with Crippen molar-refractivity contribution in [3.05, 3.63) is 53.7 Å². The van der Waals surface area contributed by atoms with Gasteiger partial charge in [-0.25, -0.2) is 4.98 Å². The lowest BCUT2D eigenvalue weighted by atomic mass is 10.1. The van der Waals surface area contributed by atoms with Gasteiger partial charge in [0.2, 0.25) is 0 Å². The summed E-state index contributed by atoms with van der Waals surface area (Å²) in [4.78, 5) is 19.0. The predicted octanol–water partition coefficient (Wildman–Crippen LogP) is 2.39. The number of benzene rings is 1. The summed E-state index contributed by atoms with van der Waals surface area (Å²) < 4.78 is 5.34. The Morgan fingerprint density at radius 1 is 1.24 bits per heavy atom. The molecule has 2 aromatic rings. The molecular weight excluding hydrogens is 316 g/mol. The molecule has 1 fully saturated rings. The molecule has 25 heavy (non-hydrogen) atoms. The van der Waals surface area contributed by atoms with E-state index in [-0.39, 0.29) is 5.91 Å². The normalized spacial score (nSPS) is 14.9. The number of nitrogens with zero attached hydrogens (tertiary/aromatic N) is 2. The quantitative estimate of drug-likeness (QED) is 0.845. The number of amides is 1. The molecule has 0 atom stereocenters. The summed E-state index contributed by atoms with van der Waals surface area (Å²) >= 11 is 0. The highest BCUT2D eigenvalue weighted by atomic mass is 16.5. The summed E-state index contributed by atoms with van der Waals surface area (Å²) in [6.07, 6.45) is 1.67. The van der Waals surface area contributed by atoms with Gasteiger partial charge < -0.3 is 15.4 Å². The van der Waals surface area contributed by atoms with Crippen LogP contribution in [-0.2, 0) is 4.74 Å². The first-order valence-corrected chi connectivity index (χ1v) is 8.59. The zero-order chi connectivity index (χ0) is 17.5. The summed E-state index contributed by atoms with van der Waals surface area (Å²) in [6.45, 7) is 7.37. The third-order valence-electron chi connectivity index (χ3n) is 4.14. The Hall–Kier alpha value is -2.44. The van der Waals surface area contributed by atoms with Crippen LogP contribution < -0.4 is 10.6 Å². The van der Waals surface area contributed by atoms with Crippen LogP contribution >= 0.6 is 0 Å². The number of hydrogen-bond donors (Lipinski definition) is 2. The van der Waals surface area contributed by atoms with Gasteiger partial charge in [-0.3, -0.25) is 9.69 Å². The number of morpholine rings is 1. The first-order chi connectivity index (χ1) is 12.2. The van der Waals surface area contributed by atoms with Crippen molar-refractivity contribution in [2.24, 2.45) is 0 Å². The van der Waals surface area contributed by atoms with Gasteiger partial charge in [0.25, 0.3) is 5.91 Å². The standard InChI is InChI=1S/C19H24N4O2/c1-15-3-2-4-16(13-15)19(24)22-17-5-6-18(21-14-17)20-7-8-23-9-11-25-12-10-23/h2-6,13-14H,7-12H2,1H3,(H,20,21)(H,22,24). The molecule has 6 heteroatoms. The highest BCUT2D eigenvalue weighted by molar-refractivity contribution is 6.04. The molecule has 0 radical (unpaired) electrons. The molecular formula is C19H24N4O2. The van der Waals surface area contributed by atoms with Crippen LogP contribution in [0, 0.1) is 6.92 Å². The highest BCUT2D eigenvalue weighted by Crippen LogP contribution is 2.12. The van der Waals surface area contributed by atoms with Crippen molar-refractivity contribution >= 4 is 17.4 Å². The molecule has 1 saturated heterocycles. The Kier molecular flexibility index (Phi) is 5.98. The Morgan fingerprint density at radius 3 is 2.80 bits per heavy atom. The molecule has 0 unspecified atom stereocenters. The molecule has 3 rings (SSSR count). The average Bonchev–Trinajstić information content (AvgIpc) is 2.64. The second-order valence-corrected chi connectivity index (χ2v) is 6.14. The van der Waals surface area contributed by atoms with Gasteiger partial charge in [0.05, 0.1) is 25.1 Å². The third kappa shape index (κ3) is 5.27. The molecule has 0 bridgehead atoms. The Bertz CT molecular complexity index is 697.